The predicted octanol–water partition coefficient (Wildman–Crippen LogP) is 1.72. The van der Waals surface area contributed by atoms with Crippen molar-refractivity contribution in [1.82, 2.24) is 4.90 Å². The molecule has 1 rings (SSSR count). The summed E-state index contributed by atoms with van der Waals surface area (Å²) in [5, 5.41) is 9.61. The molecule has 1 amide bonds. The van der Waals surface area contributed by atoms with Crippen LogP contribution in [0, 0.1) is 0 Å². The zero-order valence-corrected chi connectivity index (χ0v) is 10.2. The molecule has 0 aromatic heterocycles. The molecular formula is C12H16ClNO2. The number of benzene rings is 1. The highest BCUT2D eigenvalue weighted by molar-refractivity contribution is 6.30. The molecule has 0 saturated heterocycles. The number of carbonyl (C=O) groups is 1. The molecule has 0 aliphatic carbocycles. The van der Waals surface area contributed by atoms with Crippen molar-refractivity contribution in [3.05, 3.63) is 34.9 Å². The van der Waals surface area contributed by atoms with Crippen LogP contribution in [-0.4, -0.2) is 35.6 Å². The second-order valence-corrected chi connectivity index (χ2v) is 4.28. The Balaban J connectivity index is 2.60. The zero-order valence-electron chi connectivity index (χ0n) is 9.48. The number of halogens is 1. The molecular weight excluding hydrogens is 226 g/mol. The van der Waals surface area contributed by atoms with E-state index in [1.807, 2.05) is 12.1 Å². The number of amides is 1. The van der Waals surface area contributed by atoms with Crippen LogP contribution in [0.4, 0.5) is 0 Å². The van der Waals surface area contributed by atoms with Crippen molar-refractivity contribution >= 4 is 17.5 Å². The number of aliphatic hydroxyl groups is 1. The lowest BCUT2D eigenvalue weighted by Crippen LogP contribution is -2.38. The number of hydrogen-bond donors (Lipinski definition) is 1. The third kappa shape index (κ3) is 3.51. The predicted molar refractivity (Wildman–Crippen MR) is 64.5 cm³/mol. The molecule has 16 heavy (non-hydrogen) atoms. The van der Waals surface area contributed by atoms with Gasteiger partial charge in [0.05, 0.1) is 19.1 Å². The fourth-order valence-corrected chi connectivity index (χ4v) is 1.40. The summed E-state index contributed by atoms with van der Waals surface area (Å²) in [4.78, 5) is 13.3. The van der Waals surface area contributed by atoms with Gasteiger partial charge >= 0.3 is 0 Å². The van der Waals surface area contributed by atoms with Crippen molar-refractivity contribution < 1.29 is 9.90 Å². The summed E-state index contributed by atoms with van der Waals surface area (Å²) in [6.45, 7) is 1.78. The van der Waals surface area contributed by atoms with Crippen LogP contribution in [0.3, 0.4) is 0 Å². The first-order valence-electron chi connectivity index (χ1n) is 5.15. The third-order valence-electron chi connectivity index (χ3n) is 2.59. The van der Waals surface area contributed by atoms with Gasteiger partial charge in [-0.3, -0.25) is 4.79 Å². The van der Waals surface area contributed by atoms with Crippen molar-refractivity contribution in [3.8, 4) is 0 Å². The molecule has 0 aliphatic rings. The van der Waals surface area contributed by atoms with E-state index in [1.54, 1.807) is 31.0 Å². The molecule has 1 unspecified atom stereocenters. The maximum Gasteiger partial charge on any atom is 0.227 e. The van der Waals surface area contributed by atoms with Crippen molar-refractivity contribution in [1.29, 1.82) is 0 Å². The largest absolute Gasteiger partial charge is 0.394 e. The standard InChI is InChI=1S/C12H16ClNO2/c1-9(8-15)14(2)12(16)7-10-3-5-11(13)6-4-10/h3-6,9,15H,7-8H2,1-2H3. The number of aliphatic hydroxyl groups excluding tert-OH is 1. The summed E-state index contributed by atoms with van der Waals surface area (Å²) >= 11 is 5.76. The fraction of sp³-hybridized carbons (Fsp3) is 0.417. The van der Waals surface area contributed by atoms with E-state index < -0.39 is 0 Å². The second-order valence-electron chi connectivity index (χ2n) is 3.84. The van der Waals surface area contributed by atoms with E-state index in [4.69, 9.17) is 16.7 Å². The quantitative estimate of drug-likeness (QED) is 0.872. The molecule has 1 aromatic carbocycles. The van der Waals surface area contributed by atoms with E-state index in [9.17, 15) is 4.79 Å². The van der Waals surface area contributed by atoms with Crippen LogP contribution in [0.25, 0.3) is 0 Å². The summed E-state index contributed by atoms with van der Waals surface area (Å²) < 4.78 is 0. The number of rotatable bonds is 4. The molecule has 0 spiro atoms. The minimum absolute atomic E-state index is 0.0103. The van der Waals surface area contributed by atoms with Gasteiger partial charge in [-0.1, -0.05) is 23.7 Å². The second kappa shape index (κ2) is 5.87. The molecule has 1 aromatic rings. The Hall–Kier alpha value is -1.06. The Bertz CT molecular complexity index is 351. The lowest BCUT2D eigenvalue weighted by atomic mass is 10.1. The van der Waals surface area contributed by atoms with E-state index in [0.717, 1.165) is 5.56 Å². The Kier molecular flexibility index (Phi) is 4.77. The molecule has 1 atom stereocenters. The third-order valence-corrected chi connectivity index (χ3v) is 2.84. The van der Waals surface area contributed by atoms with Gasteiger partial charge in [0.2, 0.25) is 5.91 Å². The van der Waals surface area contributed by atoms with Gasteiger partial charge in [-0.25, -0.2) is 0 Å². The summed E-state index contributed by atoms with van der Waals surface area (Å²) in [5.41, 5.74) is 0.923. The van der Waals surface area contributed by atoms with Crippen molar-refractivity contribution in [3.63, 3.8) is 0 Å². The lowest BCUT2D eigenvalue weighted by molar-refractivity contribution is -0.131. The van der Waals surface area contributed by atoms with Crippen LogP contribution in [0.1, 0.15) is 12.5 Å². The molecule has 0 bridgehead atoms. The number of hydrogen-bond acceptors (Lipinski definition) is 2. The normalized spacial score (nSPS) is 12.2. The van der Waals surface area contributed by atoms with E-state index in [2.05, 4.69) is 0 Å². The zero-order chi connectivity index (χ0) is 12.1. The average Bonchev–Trinajstić information content (AvgIpc) is 2.30. The number of carbonyl (C=O) groups excluding carboxylic acids is 1. The van der Waals surface area contributed by atoms with Gasteiger partial charge in [0.15, 0.2) is 0 Å². The van der Waals surface area contributed by atoms with Gasteiger partial charge in [-0.2, -0.15) is 0 Å². The van der Waals surface area contributed by atoms with Gasteiger partial charge in [0.1, 0.15) is 0 Å². The van der Waals surface area contributed by atoms with E-state index in [-0.39, 0.29) is 18.6 Å². The SMILES string of the molecule is CC(CO)N(C)C(=O)Cc1ccc(Cl)cc1. The summed E-state index contributed by atoms with van der Waals surface area (Å²) in [6, 6.07) is 7.04. The number of likely N-dealkylation sites (N-methyl/N-ethyl adjacent to an activating group) is 1. The van der Waals surface area contributed by atoms with Crippen LogP contribution in [-0.2, 0) is 11.2 Å². The van der Waals surface area contributed by atoms with Crippen LogP contribution in [0.2, 0.25) is 5.02 Å². The highest BCUT2D eigenvalue weighted by Gasteiger charge is 2.14. The van der Waals surface area contributed by atoms with Crippen LogP contribution in [0.5, 0.6) is 0 Å². The fourth-order valence-electron chi connectivity index (χ4n) is 1.27. The highest BCUT2D eigenvalue weighted by atomic mass is 35.5. The molecule has 4 heteroatoms. The van der Waals surface area contributed by atoms with Crippen molar-refractivity contribution in [2.75, 3.05) is 13.7 Å². The minimum atomic E-state index is -0.153. The first-order chi connectivity index (χ1) is 7.54. The average molecular weight is 242 g/mol. The topological polar surface area (TPSA) is 40.5 Å². The molecule has 0 fully saturated rings. The van der Waals surface area contributed by atoms with E-state index in [1.165, 1.54) is 0 Å². The van der Waals surface area contributed by atoms with Crippen molar-refractivity contribution in [2.45, 2.75) is 19.4 Å². The first-order valence-corrected chi connectivity index (χ1v) is 5.53. The lowest BCUT2D eigenvalue weighted by Gasteiger charge is -2.23. The minimum Gasteiger partial charge on any atom is -0.394 e. The highest BCUT2D eigenvalue weighted by Crippen LogP contribution is 2.11. The summed E-state index contributed by atoms with van der Waals surface area (Å²) in [5.74, 6) is -0.0103. The molecule has 0 radical (unpaired) electrons. The maximum atomic E-state index is 11.8. The molecule has 0 saturated carbocycles. The molecule has 3 nitrogen and oxygen atoms in total. The van der Waals surface area contributed by atoms with Gasteiger partial charge < -0.3 is 10.0 Å². The summed E-state index contributed by atoms with van der Waals surface area (Å²) in [6.07, 6.45) is 0.331. The van der Waals surface area contributed by atoms with Gasteiger partial charge in [0.25, 0.3) is 0 Å². The van der Waals surface area contributed by atoms with Gasteiger partial charge in [-0.05, 0) is 24.6 Å². The summed E-state index contributed by atoms with van der Waals surface area (Å²) in [7, 11) is 1.69. The monoisotopic (exact) mass is 241 g/mol. The molecule has 88 valence electrons. The van der Waals surface area contributed by atoms with Gasteiger partial charge in [0, 0.05) is 12.1 Å². The van der Waals surface area contributed by atoms with Crippen LogP contribution < -0.4 is 0 Å². The molecule has 0 aliphatic heterocycles. The Labute approximate surface area is 101 Å². The maximum absolute atomic E-state index is 11.8. The van der Waals surface area contributed by atoms with Crippen molar-refractivity contribution in [2.24, 2.45) is 0 Å². The Morgan fingerprint density at radius 1 is 1.44 bits per heavy atom. The van der Waals surface area contributed by atoms with Crippen LogP contribution in [0.15, 0.2) is 24.3 Å². The molecule has 1 N–H and O–H groups in total. The molecule has 0 heterocycles. The Morgan fingerprint density at radius 3 is 2.50 bits per heavy atom. The van der Waals surface area contributed by atoms with E-state index in [0.29, 0.717) is 11.4 Å². The van der Waals surface area contributed by atoms with Gasteiger partial charge in [-0.15, -0.1) is 0 Å². The smallest absolute Gasteiger partial charge is 0.227 e. The Morgan fingerprint density at radius 2 is 2.00 bits per heavy atom. The number of nitrogens with zero attached hydrogens (tertiary/aromatic N) is 1. The van der Waals surface area contributed by atoms with E-state index >= 15 is 0 Å². The van der Waals surface area contributed by atoms with Crippen LogP contribution >= 0.6 is 11.6 Å². The first kappa shape index (κ1) is 13.0.